The number of thiol groups is 1. The van der Waals surface area contributed by atoms with Crippen molar-refractivity contribution >= 4 is 12.6 Å². The summed E-state index contributed by atoms with van der Waals surface area (Å²) in [4.78, 5) is 0. The molecule has 1 aromatic carbocycles. The first-order valence-electron chi connectivity index (χ1n) is 20.3. The largest absolute Gasteiger partial charge is 0.390 e. The molecule has 0 aromatic heterocycles. The van der Waals surface area contributed by atoms with E-state index in [4.69, 9.17) is 12.6 Å². The molecule has 1 aromatic rings. The van der Waals surface area contributed by atoms with Gasteiger partial charge in [-0.1, -0.05) is 110 Å². The van der Waals surface area contributed by atoms with Gasteiger partial charge in [0.05, 0.1) is 17.8 Å². The molecule has 0 aliphatic heterocycles. The Morgan fingerprint density at radius 2 is 1.71 bits per heavy atom. The van der Waals surface area contributed by atoms with Crippen LogP contribution in [0.3, 0.4) is 0 Å². The summed E-state index contributed by atoms with van der Waals surface area (Å²) < 4.78 is -0.0593. The molecule has 4 fully saturated rings. The minimum atomic E-state index is -0.739. The molecule has 0 spiro atoms. The molecule has 3 nitrogen and oxygen atoms in total. The lowest BCUT2D eigenvalue weighted by Crippen LogP contribution is -2.71. The SMILES string of the molecule is C=C(C)/C=C(\C(C)Cc1ccccc1C)C1CCC2(O)C3(C)CCC4CC(CCC(O)C(O)C(C)CC)CCC4(S)C3CC(C)C12C.CC. The number of aliphatic hydroxyl groups excluding tert-OH is 2. The van der Waals surface area contributed by atoms with Gasteiger partial charge in [-0.3, -0.25) is 0 Å². The van der Waals surface area contributed by atoms with Crippen LogP contribution in [0.15, 0.2) is 48.1 Å². The first kappa shape index (κ1) is 40.7. The summed E-state index contributed by atoms with van der Waals surface area (Å²) >= 11 is 5.69. The minimum Gasteiger partial charge on any atom is -0.390 e. The van der Waals surface area contributed by atoms with Crippen LogP contribution in [0.1, 0.15) is 144 Å². The van der Waals surface area contributed by atoms with Gasteiger partial charge in [0.25, 0.3) is 0 Å². The molecule has 3 N–H and O–H groups in total. The maximum absolute atomic E-state index is 13.3. The zero-order valence-electron chi connectivity index (χ0n) is 33.1. The van der Waals surface area contributed by atoms with Crippen molar-refractivity contribution in [1.29, 1.82) is 0 Å². The number of hydrogen-bond acceptors (Lipinski definition) is 4. The average molecular weight is 695 g/mol. The number of benzene rings is 1. The molecule has 13 unspecified atom stereocenters. The van der Waals surface area contributed by atoms with Gasteiger partial charge in [0.15, 0.2) is 0 Å². The van der Waals surface area contributed by atoms with E-state index in [9.17, 15) is 15.3 Å². The van der Waals surface area contributed by atoms with Crippen molar-refractivity contribution in [2.75, 3.05) is 0 Å². The zero-order valence-corrected chi connectivity index (χ0v) is 34.0. The van der Waals surface area contributed by atoms with Gasteiger partial charge in [-0.25, -0.2) is 0 Å². The fourth-order valence-corrected chi connectivity index (χ4v) is 12.7. The predicted octanol–water partition coefficient (Wildman–Crippen LogP) is 10.9. The first-order chi connectivity index (χ1) is 23.0. The first-order valence-corrected chi connectivity index (χ1v) is 20.7. The minimum absolute atomic E-state index is 0.0593. The van der Waals surface area contributed by atoms with E-state index < -0.39 is 17.8 Å². The van der Waals surface area contributed by atoms with Crippen molar-refractivity contribution in [3.8, 4) is 0 Å². The van der Waals surface area contributed by atoms with Crippen LogP contribution in [-0.4, -0.2) is 37.9 Å². The van der Waals surface area contributed by atoms with Crippen LogP contribution in [0.25, 0.3) is 0 Å². The van der Waals surface area contributed by atoms with Gasteiger partial charge in [0.2, 0.25) is 0 Å². The van der Waals surface area contributed by atoms with Crippen molar-refractivity contribution in [3.63, 3.8) is 0 Å². The summed E-state index contributed by atoms with van der Waals surface area (Å²) in [6.45, 7) is 26.6. The van der Waals surface area contributed by atoms with E-state index >= 15 is 0 Å². The molecular formula is C45H74O3S. The van der Waals surface area contributed by atoms with E-state index in [0.29, 0.717) is 41.9 Å². The second-order valence-electron chi connectivity index (χ2n) is 17.8. The number of aliphatic hydroxyl groups is 3. The normalized spacial score (nSPS) is 39.7. The Kier molecular flexibility index (Phi) is 13.2. The average Bonchev–Trinajstić information content (AvgIpc) is 3.37. The lowest BCUT2D eigenvalue weighted by molar-refractivity contribution is -0.249. The quantitative estimate of drug-likeness (QED) is 0.138. The monoisotopic (exact) mass is 695 g/mol. The van der Waals surface area contributed by atoms with Crippen LogP contribution in [0.5, 0.6) is 0 Å². The number of rotatable bonds is 11. The van der Waals surface area contributed by atoms with E-state index in [-0.39, 0.29) is 21.5 Å². The van der Waals surface area contributed by atoms with Crippen LogP contribution < -0.4 is 0 Å². The molecule has 49 heavy (non-hydrogen) atoms. The van der Waals surface area contributed by atoms with Gasteiger partial charge >= 0.3 is 0 Å². The summed E-state index contributed by atoms with van der Waals surface area (Å²) in [5.74, 6) is 2.74. The molecule has 4 aliphatic rings. The highest BCUT2D eigenvalue weighted by Crippen LogP contribution is 2.75. The highest BCUT2D eigenvalue weighted by atomic mass is 32.1. The van der Waals surface area contributed by atoms with Gasteiger partial charge in [0, 0.05) is 15.6 Å². The van der Waals surface area contributed by atoms with Crippen molar-refractivity contribution in [3.05, 3.63) is 59.2 Å². The van der Waals surface area contributed by atoms with Gasteiger partial charge in [-0.05, 0) is 137 Å². The van der Waals surface area contributed by atoms with Crippen LogP contribution in [0.4, 0.5) is 0 Å². The Morgan fingerprint density at radius 1 is 1.04 bits per heavy atom. The molecule has 4 aliphatic carbocycles. The summed E-state index contributed by atoms with van der Waals surface area (Å²) in [6, 6.07) is 8.80. The maximum Gasteiger partial charge on any atom is 0.0824 e. The molecule has 0 saturated heterocycles. The number of allylic oxidation sites excluding steroid dienone is 3. The van der Waals surface area contributed by atoms with E-state index in [0.717, 1.165) is 76.2 Å². The summed E-state index contributed by atoms with van der Waals surface area (Å²) in [7, 11) is 0. The summed E-state index contributed by atoms with van der Waals surface area (Å²) in [5.41, 5.74) is 4.26. The van der Waals surface area contributed by atoms with E-state index in [1.54, 1.807) is 0 Å². The van der Waals surface area contributed by atoms with Crippen molar-refractivity contribution in [2.45, 2.75) is 169 Å². The molecule has 278 valence electrons. The van der Waals surface area contributed by atoms with Crippen LogP contribution in [0.2, 0.25) is 0 Å². The lowest BCUT2D eigenvalue weighted by atomic mass is 9.38. The third-order valence-corrected chi connectivity index (χ3v) is 16.2. The highest BCUT2D eigenvalue weighted by molar-refractivity contribution is 7.81. The molecular weight excluding hydrogens is 621 g/mol. The second kappa shape index (κ2) is 15.9. The fraction of sp³-hybridized carbons (Fsp3) is 0.778. The van der Waals surface area contributed by atoms with Gasteiger partial charge in [0.1, 0.15) is 0 Å². The van der Waals surface area contributed by atoms with E-state index in [1.165, 1.54) is 16.7 Å². The molecule has 0 amide bonds. The van der Waals surface area contributed by atoms with Crippen LogP contribution in [0, 0.1) is 59.2 Å². The molecule has 0 bridgehead atoms. The number of aryl methyl sites for hydroxylation is 1. The standard InChI is InChI=1S/C43H68O3S.C2H6/c1-10-28(4)39(45)37(44)16-15-32-17-21-42(47)34(26-32)18-20-40(8)38(42)25-31(7)41(9)36(19-22-43(40,41)46)35(23-27(2)3)30(6)24-33-14-12-11-13-29(33)5;1-2/h11-14,23,28,30-32,34,36-39,44-47H,2,10,15-22,24-26H2,1,3-9H3;1-2H3/b35-23+;. The zero-order chi connectivity index (χ0) is 36.5. The van der Waals surface area contributed by atoms with Crippen LogP contribution >= 0.6 is 12.6 Å². The lowest BCUT2D eigenvalue weighted by Gasteiger charge is -2.70. The van der Waals surface area contributed by atoms with E-state index in [1.807, 2.05) is 20.8 Å². The van der Waals surface area contributed by atoms with E-state index in [2.05, 4.69) is 85.4 Å². The predicted molar refractivity (Wildman–Crippen MR) is 212 cm³/mol. The summed E-state index contributed by atoms with van der Waals surface area (Å²) in [6.07, 6.45) is 13.3. The van der Waals surface area contributed by atoms with Crippen molar-refractivity contribution in [2.24, 2.45) is 52.3 Å². The highest BCUT2D eigenvalue weighted by Gasteiger charge is 2.74. The van der Waals surface area contributed by atoms with Gasteiger partial charge in [-0.15, -0.1) is 0 Å². The molecule has 0 radical (unpaired) electrons. The Labute approximate surface area is 307 Å². The Morgan fingerprint density at radius 3 is 2.35 bits per heavy atom. The maximum atomic E-state index is 13.3. The third-order valence-electron chi connectivity index (χ3n) is 15.3. The van der Waals surface area contributed by atoms with Crippen LogP contribution in [-0.2, 0) is 6.42 Å². The Bertz CT molecular complexity index is 1310. The molecule has 0 heterocycles. The molecule has 4 heteroatoms. The third kappa shape index (κ3) is 7.17. The number of fused-ring (bicyclic) bond motifs is 5. The fourth-order valence-electron chi connectivity index (χ4n) is 11.9. The Hall–Kier alpha value is -1.07. The topological polar surface area (TPSA) is 60.7 Å². The number of hydrogen-bond donors (Lipinski definition) is 4. The second-order valence-corrected chi connectivity index (χ2v) is 18.6. The molecule has 4 saturated carbocycles. The van der Waals surface area contributed by atoms with Gasteiger partial charge < -0.3 is 15.3 Å². The van der Waals surface area contributed by atoms with Crippen molar-refractivity contribution < 1.29 is 15.3 Å². The Balaban J connectivity index is 0.00000265. The van der Waals surface area contributed by atoms with Gasteiger partial charge in [-0.2, -0.15) is 12.6 Å². The summed E-state index contributed by atoms with van der Waals surface area (Å²) in [5, 5.41) is 34.6. The smallest absolute Gasteiger partial charge is 0.0824 e. The van der Waals surface area contributed by atoms with Crippen molar-refractivity contribution in [1.82, 2.24) is 0 Å². The molecule has 13 atom stereocenters. The molecule has 5 rings (SSSR count).